The number of aromatic amines is 1. The number of rotatable bonds is 7. The molecular formula is C27H29N3O4. The summed E-state index contributed by atoms with van der Waals surface area (Å²) in [4.78, 5) is 31.3. The van der Waals surface area contributed by atoms with Crippen LogP contribution in [0.3, 0.4) is 0 Å². The molecule has 34 heavy (non-hydrogen) atoms. The molecule has 1 fully saturated rings. The van der Waals surface area contributed by atoms with E-state index in [1.54, 1.807) is 0 Å². The molecule has 0 atom stereocenters. The first-order chi connectivity index (χ1) is 16.6. The van der Waals surface area contributed by atoms with Crippen molar-refractivity contribution in [3.05, 3.63) is 76.3 Å². The summed E-state index contributed by atoms with van der Waals surface area (Å²) in [6.45, 7) is 5.18. The SMILES string of the molecule is COC(=O)c1ccc2c(CCCCN3CCN(c4ccc5oc(=O)ccc5c4)CC3)c[nH]c2c1. The van der Waals surface area contributed by atoms with E-state index in [0.717, 1.165) is 62.9 Å². The molecular weight excluding hydrogens is 430 g/mol. The third kappa shape index (κ3) is 4.70. The zero-order valence-electron chi connectivity index (χ0n) is 19.4. The molecule has 2 aromatic carbocycles. The summed E-state index contributed by atoms with van der Waals surface area (Å²) in [5.41, 5.74) is 4.34. The number of carbonyl (C=O) groups is 1. The Morgan fingerprint density at radius 3 is 2.71 bits per heavy atom. The average molecular weight is 460 g/mol. The third-order valence-electron chi connectivity index (χ3n) is 6.70. The van der Waals surface area contributed by atoms with Crippen LogP contribution in [-0.4, -0.2) is 55.7 Å². The van der Waals surface area contributed by atoms with Crippen molar-refractivity contribution in [2.24, 2.45) is 0 Å². The van der Waals surface area contributed by atoms with Gasteiger partial charge >= 0.3 is 11.6 Å². The number of anilines is 1. The molecule has 0 saturated carbocycles. The highest BCUT2D eigenvalue weighted by Gasteiger charge is 2.17. The van der Waals surface area contributed by atoms with Gasteiger partial charge in [-0.3, -0.25) is 4.90 Å². The molecule has 0 bridgehead atoms. The van der Waals surface area contributed by atoms with Gasteiger partial charge in [-0.1, -0.05) is 6.07 Å². The zero-order valence-corrected chi connectivity index (χ0v) is 19.4. The molecule has 1 aliphatic rings. The molecule has 1 N–H and O–H groups in total. The van der Waals surface area contributed by atoms with Crippen molar-refractivity contribution in [2.75, 3.05) is 44.7 Å². The Kier molecular flexibility index (Phi) is 6.36. The molecule has 4 aromatic rings. The summed E-state index contributed by atoms with van der Waals surface area (Å²) in [5, 5.41) is 2.13. The Bertz CT molecular complexity index is 1370. The van der Waals surface area contributed by atoms with Gasteiger partial charge in [0.25, 0.3) is 0 Å². The fraction of sp³-hybridized carbons (Fsp3) is 0.333. The number of unbranched alkanes of at least 4 members (excludes halogenated alkanes) is 1. The molecule has 0 radical (unpaired) electrons. The van der Waals surface area contributed by atoms with Crippen LogP contribution < -0.4 is 10.5 Å². The average Bonchev–Trinajstić information content (AvgIpc) is 3.28. The van der Waals surface area contributed by atoms with Gasteiger partial charge in [-0.15, -0.1) is 0 Å². The number of nitrogens with zero attached hydrogens (tertiary/aromatic N) is 2. The van der Waals surface area contributed by atoms with Crippen LogP contribution in [0.2, 0.25) is 0 Å². The predicted octanol–water partition coefficient (Wildman–Crippen LogP) is 4.21. The maximum Gasteiger partial charge on any atom is 0.337 e. The van der Waals surface area contributed by atoms with Gasteiger partial charge in [0.1, 0.15) is 5.58 Å². The number of methoxy groups -OCH3 is 1. The summed E-state index contributed by atoms with van der Waals surface area (Å²) in [6, 6.07) is 15.0. The topological polar surface area (TPSA) is 78.8 Å². The van der Waals surface area contributed by atoms with E-state index in [2.05, 4.69) is 27.0 Å². The normalized spacial score (nSPS) is 14.7. The summed E-state index contributed by atoms with van der Waals surface area (Å²) in [7, 11) is 1.40. The monoisotopic (exact) mass is 459 g/mol. The highest BCUT2D eigenvalue weighted by Crippen LogP contribution is 2.24. The number of benzene rings is 2. The van der Waals surface area contributed by atoms with Crippen LogP contribution in [0.5, 0.6) is 0 Å². The molecule has 0 amide bonds. The minimum absolute atomic E-state index is 0.313. The number of hydrogen-bond donors (Lipinski definition) is 1. The Balaban J connectivity index is 1.09. The van der Waals surface area contributed by atoms with Gasteiger partial charge in [-0.25, -0.2) is 9.59 Å². The Hall–Kier alpha value is -3.58. The van der Waals surface area contributed by atoms with Gasteiger partial charge < -0.3 is 19.0 Å². The third-order valence-corrected chi connectivity index (χ3v) is 6.70. The summed E-state index contributed by atoms with van der Waals surface area (Å²) in [6.07, 6.45) is 5.35. The standard InChI is InChI=1S/C27H29N3O4/c1-33-27(32)20-5-8-23-21(18-28-24(23)17-20)4-2-3-11-29-12-14-30(15-13-29)22-7-9-25-19(16-22)6-10-26(31)34-25/h5-10,16-18,28H,2-4,11-15H2,1H3. The van der Waals surface area contributed by atoms with E-state index >= 15 is 0 Å². The molecule has 7 nitrogen and oxygen atoms in total. The first kappa shape index (κ1) is 22.2. The highest BCUT2D eigenvalue weighted by molar-refractivity contribution is 5.95. The molecule has 3 heterocycles. The minimum Gasteiger partial charge on any atom is -0.465 e. The zero-order chi connectivity index (χ0) is 23.5. The second kappa shape index (κ2) is 9.73. The van der Waals surface area contributed by atoms with Crippen molar-refractivity contribution in [1.82, 2.24) is 9.88 Å². The Labute approximate surface area is 197 Å². The number of piperazine rings is 1. The molecule has 176 valence electrons. The van der Waals surface area contributed by atoms with E-state index < -0.39 is 0 Å². The number of aryl methyl sites for hydroxylation is 1. The fourth-order valence-electron chi connectivity index (χ4n) is 4.77. The van der Waals surface area contributed by atoms with E-state index in [9.17, 15) is 9.59 Å². The van der Waals surface area contributed by atoms with E-state index in [1.165, 1.54) is 29.8 Å². The van der Waals surface area contributed by atoms with Gasteiger partial charge in [-0.05, 0) is 67.8 Å². The van der Waals surface area contributed by atoms with Crippen LogP contribution in [0.15, 0.2) is 63.9 Å². The van der Waals surface area contributed by atoms with Crippen LogP contribution in [0, 0.1) is 0 Å². The lowest BCUT2D eigenvalue weighted by molar-refractivity contribution is 0.0601. The molecule has 1 saturated heterocycles. The molecule has 0 spiro atoms. The number of esters is 1. The second-order valence-corrected chi connectivity index (χ2v) is 8.83. The number of ether oxygens (including phenoxy) is 1. The Morgan fingerprint density at radius 2 is 1.88 bits per heavy atom. The Morgan fingerprint density at radius 1 is 1.03 bits per heavy atom. The fourth-order valence-corrected chi connectivity index (χ4v) is 4.77. The van der Waals surface area contributed by atoms with E-state index in [4.69, 9.17) is 9.15 Å². The van der Waals surface area contributed by atoms with Crippen molar-refractivity contribution >= 4 is 33.5 Å². The van der Waals surface area contributed by atoms with Crippen molar-refractivity contribution < 1.29 is 13.9 Å². The van der Waals surface area contributed by atoms with E-state index in [-0.39, 0.29) is 11.6 Å². The molecule has 7 heteroatoms. The first-order valence-corrected chi connectivity index (χ1v) is 11.8. The van der Waals surface area contributed by atoms with Crippen LogP contribution >= 0.6 is 0 Å². The van der Waals surface area contributed by atoms with Crippen molar-refractivity contribution in [3.8, 4) is 0 Å². The van der Waals surface area contributed by atoms with Gasteiger partial charge in [0.05, 0.1) is 12.7 Å². The summed E-state index contributed by atoms with van der Waals surface area (Å²) in [5.74, 6) is -0.313. The second-order valence-electron chi connectivity index (χ2n) is 8.83. The van der Waals surface area contributed by atoms with Crippen LogP contribution in [0.1, 0.15) is 28.8 Å². The minimum atomic E-state index is -0.314. The van der Waals surface area contributed by atoms with Gasteiger partial charge in [0, 0.05) is 60.4 Å². The number of carbonyl (C=O) groups excluding carboxylic acids is 1. The molecule has 1 aliphatic heterocycles. The molecule has 0 unspecified atom stereocenters. The number of H-pyrrole nitrogens is 1. The predicted molar refractivity (Wildman–Crippen MR) is 134 cm³/mol. The van der Waals surface area contributed by atoms with Gasteiger partial charge in [-0.2, -0.15) is 0 Å². The lowest BCUT2D eigenvalue weighted by atomic mass is 10.1. The largest absolute Gasteiger partial charge is 0.465 e. The number of hydrogen-bond acceptors (Lipinski definition) is 6. The highest BCUT2D eigenvalue weighted by atomic mass is 16.5. The summed E-state index contributed by atoms with van der Waals surface area (Å²) < 4.78 is 10.0. The van der Waals surface area contributed by atoms with E-state index in [0.29, 0.717) is 11.1 Å². The lowest BCUT2D eigenvalue weighted by Gasteiger charge is -2.36. The maximum absolute atomic E-state index is 11.7. The molecule has 2 aromatic heterocycles. The van der Waals surface area contributed by atoms with E-state index in [1.807, 2.05) is 36.4 Å². The van der Waals surface area contributed by atoms with Crippen LogP contribution in [0.4, 0.5) is 5.69 Å². The van der Waals surface area contributed by atoms with Gasteiger partial charge in [0.15, 0.2) is 0 Å². The van der Waals surface area contributed by atoms with Crippen molar-refractivity contribution in [1.29, 1.82) is 0 Å². The molecule has 5 rings (SSSR count). The smallest absolute Gasteiger partial charge is 0.337 e. The first-order valence-electron chi connectivity index (χ1n) is 11.8. The number of fused-ring (bicyclic) bond motifs is 2. The summed E-state index contributed by atoms with van der Waals surface area (Å²) >= 11 is 0. The number of nitrogens with one attached hydrogen (secondary N) is 1. The lowest BCUT2D eigenvalue weighted by Crippen LogP contribution is -2.46. The number of aromatic nitrogens is 1. The van der Waals surface area contributed by atoms with Crippen molar-refractivity contribution in [2.45, 2.75) is 19.3 Å². The van der Waals surface area contributed by atoms with Crippen LogP contribution in [0.25, 0.3) is 21.9 Å². The molecule has 0 aliphatic carbocycles. The maximum atomic E-state index is 11.7. The quantitative estimate of drug-likeness (QED) is 0.253. The van der Waals surface area contributed by atoms with Gasteiger partial charge in [0.2, 0.25) is 0 Å². The van der Waals surface area contributed by atoms with Crippen molar-refractivity contribution in [3.63, 3.8) is 0 Å². The van der Waals surface area contributed by atoms with Crippen LogP contribution in [-0.2, 0) is 11.2 Å².